The third-order valence-electron chi connectivity index (χ3n) is 3.55. The van der Waals surface area contributed by atoms with Crippen LogP contribution in [0.2, 0.25) is 13.1 Å². The van der Waals surface area contributed by atoms with Crippen molar-refractivity contribution in [3.05, 3.63) is 72.3 Å². The minimum Gasteiger partial charge on any atom is -0.392 e. The molecular formula is C17H20OSi. The lowest BCUT2D eigenvalue weighted by Gasteiger charge is -2.27. The number of benzene rings is 2. The summed E-state index contributed by atoms with van der Waals surface area (Å²) in [4.78, 5) is 0. The molecule has 2 aromatic carbocycles. The molecule has 2 heteroatoms. The molecule has 19 heavy (non-hydrogen) atoms. The highest BCUT2D eigenvalue weighted by Gasteiger charge is 2.28. The van der Waals surface area contributed by atoms with Gasteiger partial charge in [0, 0.05) is 0 Å². The van der Waals surface area contributed by atoms with Gasteiger partial charge in [-0.3, -0.25) is 0 Å². The fourth-order valence-corrected chi connectivity index (χ4v) is 5.28. The van der Waals surface area contributed by atoms with Gasteiger partial charge in [-0.15, -0.1) is 0 Å². The Morgan fingerprint density at radius 2 is 1.47 bits per heavy atom. The van der Waals surface area contributed by atoms with Gasteiger partial charge in [-0.1, -0.05) is 85.0 Å². The average molecular weight is 268 g/mol. The Labute approximate surface area is 116 Å². The summed E-state index contributed by atoms with van der Waals surface area (Å²) in [6, 6.07) is 21.0. The van der Waals surface area contributed by atoms with Gasteiger partial charge in [0.1, 0.15) is 8.07 Å². The van der Waals surface area contributed by atoms with E-state index < -0.39 is 8.07 Å². The third kappa shape index (κ3) is 3.03. The van der Waals surface area contributed by atoms with Gasteiger partial charge in [0.25, 0.3) is 0 Å². The number of aliphatic hydroxyl groups excluding tert-OH is 1. The largest absolute Gasteiger partial charge is 0.392 e. The zero-order chi connectivity index (χ0) is 13.7. The number of hydrogen-bond donors (Lipinski definition) is 1. The topological polar surface area (TPSA) is 20.2 Å². The quantitative estimate of drug-likeness (QED) is 0.844. The Morgan fingerprint density at radius 1 is 0.947 bits per heavy atom. The molecule has 0 aromatic heterocycles. The van der Waals surface area contributed by atoms with Crippen molar-refractivity contribution in [2.45, 2.75) is 13.1 Å². The van der Waals surface area contributed by atoms with Gasteiger partial charge in [-0.25, -0.2) is 0 Å². The minimum absolute atomic E-state index is 0.0908. The Kier molecular flexibility index (Phi) is 4.35. The molecule has 0 heterocycles. The lowest BCUT2D eigenvalue weighted by molar-refractivity contribution is 0.343. The van der Waals surface area contributed by atoms with Crippen LogP contribution in [-0.4, -0.2) is 19.8 Å². The molecule has 1 N–H and O–H groups in total. The van der Waals surface area contributed by atoms with Crippen LogP contribution in [0.3, 0.4) is 0 Å². The number of aliphatic hydroxyl groups is 1. The molecule has 98 valence electrons. The summed E-state index contributed by atoms with van der Waals surface area (Å²) >= 11 is 0. The van der Waals surface area contributed by atoms with Crippen LogP contribution in [0.1, 0.15) is 5.56 Å². The van der Waals surface area contributed by atoms with Crippen molar-refractivity contribution in [3.8, 4) is 0 Å². The molecule has 0 spiro atoms. The zero-order valence-electron chi connectivity index (χ0n) is 11.5. The molecule has 0 aliphatic rings. The minimum atomic E-state index is -1.77. The van der Waals surface area contributed by atoms with Crippen LogP contribution >= 0.6 is 0 Å². The molecule has 0 aliphatic carbocycles. The monoisotopic (exact) mass is 268 g/mol. The maximum Gasteiger partial charge on any atom is 0.112 e. The highest BCUT2D eigenvalue weighted by molar-refractivity contribution is 7.04. The standard InChI is InChI=1S/C17H20OSi/c1-19(2,16-11-7-4-8-12-16)17(13-14-18)15-9-5-3-6-10-15/h3-13,18H,14H2,1-2H3/b17-13+. The van der Waals surface area contributed by atoms with Crippen molar-refractivity contribution in [1.82, 2.24) is 0 Å². The summed E-state index contributed by atoms with van der Waals surface area (Å²) in [5, 5.41) is 12.0. The Hall–Kier alpha value is -1.64. The van der Waals surface area contributed by atoms with Crippen LogP contribution in [0, 0.1) is 0 Å². The first-order valence-corrected chi connectivity index (χ1v) is 9.58. The SMILES string of the molecule is C[Si](C)(/C(=C/CO)c1ccccc1)c1ccccc1. The second-order valence-corrected chi connectivity index (χ2v) is 9.52. The molecule has 0 saturated heterocycles. The van der Waals surface area contributed by atoms with Crippen LogP contribution in [0.4, 0.5) is 0 Å². The van der Waals surface area contributed by atoms with Crippen molar-refractivity contribution in [2.75, 3.05) is 6.61 Å². The Balaban J connectivity index is 2.49. The zero-order valence-corrected chi connectivity index (χ0v) is 12.5. The van der Waals surface area contributed by atoms with Crippen molar-refractivity contribution in [3.63, 3.8) is 0 Å². The summed E-state index contributed by atoms with van der Waals surface area (Å²) in [7, 11) is -1.77. The van der Waals surface area contributed by atoms with E-state index in [-0.39, 0.29) is 6.61 Å². The van der Waals surface area contributed by atoms with Gasteiger partial charge in [0.15, 0.2) is 0 Å². The van der Waals surface area contributed by atoms with E-state index in [1.807, 2.05) is 18.2 Å². The number of rotatable bonds is 4. The summed E-state index contributed by atoms with van der Waals surface area (Å²) in [6.45, 7) is 4.75. The van der Waals surface area contributed by atoms with Crippen LogP contribution in [0.15, 0.2) is 66.7 Å². The second kappa shape index (κ2) is 6.00. The molecule has 2 aromatic rings. The van der Waals surface area contributed by atoms with Gasteiger partial charge in [-0.2, -0.15) is 0 Å². The van der Waals surface area contributed by atoms with Gasteiger partial charge in [-0.05, 0) is 10.8 Å². The van der Waals surface area contributed by atoms with Crippen LogP contribution < -0.4 is 5.19 Å². The molecule has 0 saturated carbocycles. The van der Waals surface area contributed by atoms with Crippen molar-refractivity contribution in [1.29, 1.82) is 0 Å². The van der Waals surface area contributed by atoms with Crippen LogP contribution in [-0.2, 0) is 0 Å². The van der Waals surface area contributed by atoms with Crippen molar-refractivity contribution in [2.24, 2.45) is 0 Å². The van der Waals surface area contributed by atoms with Crippen LogP contribution in [0.25, 0.3) is 5.20 Å². The third-order valence-corrected chi connectivity index (χ3v) is 7.17. The lowest BCUT2D eigenvalue weighted by atomic mass is 10.2. The van der Waals surface area contributed by atoms with Gasteiger partial charge >= 0.3 is 0 Å². The van der Waals surface area contributed by atoms with Gasteiger partial charge < -0.3 is 5.11 Å². The molecule has 0 unspecified atom stereocenters. The molecule has 0 atom stereocenters. The summed E-state index contributed by atoms with van der Waals surface area (Å²) in [5.41, 5.74) is 1.22. The van der Waals surface area contributed by atoms with Crippen LogP contribution in [0.5, 0.6) is 0 Å². The molecule has 2 rings (SSSR count). The summed E-state index contributed by atoms with van der Waals surface area (Å²) in [6.07, 6.45) is 1.97. The fraction of sp³-hybridized carbons (Fsp3) is 0.176. The van der Waals surface area contributed by atoms with E-state index in [1.165, 1.54) is 15.9 Å². The van der Waals surface area contributed by atoms with E-state index in [9.17, 15) is 5.11 Å². The highest BCUT2D eigenvalue weighted by Crippen LogP contribution is 2.25. The van der Waals surface area contributed by atoms with E-state index in [1.54, 1.807) is 0 Å². The molecule has 0 fully saturated rings. The van der Waals surface area contributed by atoms with E-state index in [2.05, 4.69) is 61.6 Å². The van der Waals surface area contributed by atoms with E-state index in [4.69, 9.17) is 0 Å². The van der Waals surface area contributed by atoms with Gasteiger partial charge in [0.05, 0.1) is 6.61 Å². The van der Waals surface area contributed by atoms with E-state index >= 15 is 0 Å². The first kappa shape index (κ1) is 13.8. The Morgan fingerprint density at radius 3 is 2.00 bits per heavy atom. The predicted molar refractivity (Wildman–Crippen MR) is 85.1 cm³/mol. The maximum atomic E-state index is 9.35. The molecule has 0 bridgehead atoms. The van der Waals surface area contributed by atoms with Crippen molar-refractivity contribution >= 4 is 18.5 Å². The predicted octanol–water partition coefficient (Wildman–Crippen LogP) is 3.22. The molecule has 1 nitrogen and oxygen atoms in total. The second-order valence-electron chi connectivity index (χ2n) is 5.16. The molecule has 0 amide bonds. The maximum absolute atomic E-state index is 9.35. The summed E-state index contributed by atoms with van der Waals surface area (Å²) < 4.78 is 0. The average Bonchev–Trinajstić information content (AvgIpc) is 2.46. The smallest absolute Gasteiger partial charge is 0.112 e. The normalized spacial score (nSPS) is 12.5. The first-order valence-electron chi connectivity index (χ1n) is 6.58. The van der Waals surface area contributed by atoms with E-state index in [0.717, 1.165) is 0 Å². The van der Waals surface area contributed by atoms with Crippen molar-refractivity contribution < 1.29 is 5.11 Å². The van der Waals surface area contributed by atoms with Gasteiger partial charge in [0.2, 0.25) is 0 Å². The first-order chi connectivity index (χ1) is 9.16. The number of hydrogen-bond acceptors (Lipinski definition) is 1. The molecule has 0 aliphatic heterocycles. The molecular weight excluding hydrogens is 248 g/mol. The fourth-order valence-electron chi connectivity index (χ4n) is 2.45. The lowest BCUT2D eigenvalue weighted by Crippen LogP contribution is -2.43. The highest BCUT2D eigenvalue weighted by atomic mass is 28.3. The summed E-state index contributed by atoms with van der Waals surface area (Å²) in [5.74, 6) is 0. The Bertz CT molecular complexity index is 544. The molecule has 0 radical (unpaired) electrons. The van der Waals surface area contributed by atoms with E-state index in [0.29, 0.717) is 0 Å².